The first-order valence-corrected chi connectivity index (χ1v) is 3.78. The zero-order valence-electron chi connectivity index (χ0n) is 5.53. The highest BCUT2D eigenvalue weighted by Crippen LogP contribution is 2.12. The molecule has 9 heavy (non-hydrogen) atoms. The fraction of sp³-hybridized carbons (Fsp3) is 0.833. The first kappa shape index (κ1) is 9.25. The minimum absolute atomic E-state index is 0.00926. The summed E-state index contributed by atoms with van der Waals surface area (Å²) in [5.41, 5.74) is 0. The van der Waals surface area contributed by atoms with E-state index < -0.39 is 4.84 Å². The molecule has 0 amide bonds. The Labute approximate surface area is 65.3 Å². The van der Waals surface area contributed by atoms with Gasteiger partial charge in [-0.3, -0.25) is 4.79 Å². The first-order chi connectivity index (χ1) is 4.09. The van der Waals surface area contributed by atoms with Crippen molar-refractivity contribution < 1.29 is 4.79 Å². The van der Waals surface area contributed by atoms with Gasteiger partial charge in [-0.15, -0.1) is 0 Å². The number of rotatable bonds is 3. The number of hydrogen-bond donors (Lipinski definition) is 0. The largest absolute Gasteiger partial charge is 0.296 e. The molecule has 54 valence electrons. The lowest BCUT2D eigenvalue weighted by molar-refractivity contribution is -0.120. The molecular formula is C6H10Cl2O. The third-order valence-corrected chi connectivity index (χ3v) is 1.74. The maximum absolute atomic E-state index is 10.8. The van der Waals surface area contributed by atoms with Gasteiger partial charge in [0.15, 0.2) is 10.6 Å². The molecule has 0 spiro atoms. The highest BCUT2D eigenvalue weighted by Gasteiger charge is 2.17. The zero-order valence-corrected chi connectivity index (χ0v) is 7.04. The monoisotopic (exact) mass is 168 g/mol. The van der Waals surface area contributed by atoms with E-state index in [-0.39, 0.29) is 11.7 Å². The minimum Gasteiger partial charge on any atom is -0.296 e. The third-order valence-electron chi connectivity index (χ3n) is 1.31. The Balaban J connectivity index is 3.73. The van der Waals surface area contributed by atoms with Crippen LogP contribution in [0.1, 0.15) is 20.3 Å². The Morgan fingerprint density at radius 2 is 2.00 bits per heavy atom. The fourth-order valence-electron chi connectivity index (χ4n) is 0.416. The average Bonchev–Trinajstić information content (AvgIpc) is 1.84. The predicted octanol–water partition coefficient (Wildman–Crippen LogP) is 2.41. The summed E-state index contributed by atoms with van der Waals surface area (Å²) in [7, 11) is 0. The number of Topliss-reactive ketones (excluding diaryl/α,β-unsaturated/α-hetero) is 1. The number of alkyl halides is 2. The van der Waals surface area contributed by atoms with E-state index in [2.05, 4.69) is 0 Å². The van der Waals surface area contributed by atoms with E-state index in [1.54, 1.807) is 0 Å². The molecule has 0 aliphatic carbocycles. The Bertz CT molecular complexity index is 101. The molecule has 0 radical (unpaired) electrons. The predicted molar refractivity (Wildman–Crippen MR) is 40.0 cm³/mol. The quantitative estimate of drug-likeness (QED) is 0.593. The van der Waals surface area contributed by atoms with Crippen LogP contribution < -0.4 is 0 Å². The van der Waals surface area contributed by atoms with E-state index in [1.807, 2.05) is 13.8 Å². The Morgan fingerprint density at radius 1 is 1.56 bits per heavy atom. The average molecular weight is 169 g/mol. The second-order valence-electron chi connectivity index (χ2n) is 2.01. The van der Waals surface area contributed by atoms with Gasteiger partial charge < -0.3 is 0 Å². The van der Waals surface area contributed by atoms with Crippen molar-refractivity contribution in [2.75, 3.05) is 0 Å². The lowest BCUT2D eigenvalue weighted by atomic mass is 10.1. The molecule has 0 saturated carbocycles. The smallest absolute Gasteiger partial charge is 0.168 e. The van der Waals surface area contributed by atoms with Crippen molar-refractivity contribution >= 4 is 29.0 Å². The summed E-state index contributed by atoms with van der Waals surface area (Å²) < 4.78 is 0. The maximum Gasteiger partial charge on any atom is 0.168 e. The van der Waals surface area contributed by atoms with Gasteiger partial charge >= 0.3 is 0 Å². The summed E-state index contributed by atoms with van der Waals surface area (Å²) >= 11 is 10.6. The highest BCUT2D eigenvalue weighted by molar-refractivity contribution is 6.53. The molecule has 0 aromatic heterocycles. The van der Waals surface area contributed by atoms with Gasteiger partial charge in [-0.1, -0.05) is 37.0 Å². The van der Waals surface area contributed by atoms with Gasteiger partial charge in [0.2, 0.25) is 0 Å². The van der Waals surface area contributed by atoms with Gasteiger partial charge in [-0.2, -0.15) is 0 Å². The summed E-state index contributed by atoms with van der Waals surface area (Å²) in [6, 6.07) is 0. The van der Waals surface area contributed by atoms with Crippen molar-refractivity contribution in [2.24, 2.45) is 5.92 Å². The number of ketones is 1. The van der Waals surface area contributed by atoms with Crippen LogP contribution in [0.15, 0.2) is 0 Å². The van der Waals surface area contributed by atoms with Gasteiger partial charge in [0.05, 0.1) is 0 Å². The van der Waals surface area contributed by atoms with Crippen molar-refractivity contribution in [1.82, 2.24) is 0 Å². The lowest BCUT2D eigenvalue weighted by Crippen LogP contribution is -2.16. The zero-order chi connectivity index (χ0) is 7.44. The fourth-order valence-corrected chi connectivity index (χ4v) is 0.846. The molecule has 0 rings (SSSR count). The van der Waals surface area contributed by atoms with Crippen molar-refractivity contribution in [3.63, 3.8) is 0 Å². The van der Waals surface area contributed by atoms with E-state index in [9.17, 15) is 4.79 Å². The van der Waals surface area contributed by atoms with E-state index >= 15 is 0 Å². The van der Waals surface area contributed by atoms with Crippen LogP contribution in [0.4, 0.5) is 0 Å². The highest BCUT2D eigenvalue weighted by atomic mass is 35.5. The minimum atomic E-state index is -0.847. The summed E-state index contributed by atoms with van der Waals surface area (Å²) in [4.78, 5) is 9.96. The van der Waals surface area contributed by atoms with E-state index in [0.717, 1.165) is 6.42 Å². The Kier molecular flexibility index (Phi) is 4.24. The number of hydrogen-bond acceptors (Lipinski definition) is 1. The number of carbonyl (C=O) groups excluding carboxylic acids is 1. The number of halogens is 2. The summed E-state index contributed by atoms with van der Waals surface area (Å²) in [6.45, 7) is 3.75. The van der Waals surface area contributed by atoms with Crippen LogP contribution in [-0.4, -0.2) is 10.6 Å². The summed E-state index contributed by atoms with van der Waals surface area (Å²) in [6.07, 6.45) is 0.800. The molecule has 0 bridgehead atoms. The summed E-state index contributed by atoms with van der Waals surface area (Å²) in [5.74, 6) is -0.0918. The van der Waals surface area contributed by atoms with Gasteiger partial charge in [0, 0.05) is 5.92 Å². The van der Waals surface area contributed by atoms with E-state index in [0.29, 0.717) is 0 Å². The molecule has 0 N–H and O–H groups in total. The molecule has 1 unspecified atom stereocenters. The second-order valence-corrected chi connectivity index (χ2v) is 3.11. The molecule has 0 aliphatic rings. The van der Waals surface area contributed by atoms with Gasteiger partial charge in [0.25, 0.3) is 0 Å². The lowest BCUT2D eigenvalue weighted by Gasteiger charge is -2.05. The Hall–Kier alpha value is 0.250. The van der Waals surface area contributed by atoms with Crippen molar-refractivity contribution in [3.8, 4) is 0 Å². The van der Waals surface area contributed by atoms with Crippen LogP contribution >= 0.6 is 23.2 Å². The van der Waals surface area contributed by atoms with Crippen molar-refractivity contribution in [2.45, 2.75) is 25.1 Å². The van der Waals surface area contributed by atoms with Crippen molar-refractivity contribution in [3.05, 3.63) is 0 Å². The molecule has 3 heteroatoms. The Morgan fingerprint density at radius 3 is 2.11 bits per heavy atom. The molecule has 0 aliphatic heterocycles. The molecule has 1 atom stereocenters. The van der Waals surface area contributed by atoms with Crippen molar-refractivity contribution in [1.29, 1.82) is 0 Å². The van der Waals surface area contributed by atoms with Crippen LogP contribution in [0.25, 0.3) is 0 Å². The topological polar surface area (TPSA) is 17.1 Å². The summed E-state index contributed by atoms with van der Waals surface area (Å²) in [5, 5.41) is 0. The van der Waals surface area contributed by atoms with Crippen LogP contribution in [0.3, 0.4) is 0 Å². The SMILES string of the molecule is CCC(C)C(=O)C(Cl)Cl. The van der Waals surface area contributed by atoms with Crippen LogP contribution in [0, 0.1) is 5.92 Å². The molecule has 1 nitrogen and oxygen atoms in total. The first-order valence-electron chi connectivity index (χ1n) is 2.91. The van der Waals surface area contributed by atoms with Crippen LogP contribution in [0.5, 0.6) is 0 Å². The molecule has 0 aromatic carbocycles. The standard InChI is InChI=1S/C6H10Cl2O/c1-3-4(2)5(9)6(7)8/h4,6H,3H2,1-2H3. The number of carbonyl (C=O) groups is 1. The molecule has 0 fully saturated rings. The van der Waals surface area contributed by atoms with Crippen LogP contribution in [-0.2, 0) is 4.79 Å². The third kappa shape index (κ3) is 3.07. The molecule has 0 heterocycles. The van der Waals surface area contributed by atoms with E-state index in [1.165, 1.54) is 0 Å². The molecular weight excluding hydrogens is 159 g/mol. The second kappa shape index (κ2) is 4.13. The molecule has 0 saturated heterocycles. The van der Waals surface area contributed by atoms with E-state index in [4.69, 9.17) is 23.2 Å². The van der Waals surface area contributed by atoms with Gasteiger partial charge in [0.1, 0.15) is 0 Å². The van der Waals surface area contributed by atoms with Gasteiger partial charge in [-0.25, -0.2) is 0 Å². The van der Waals surface area contributed by atoms with Crippen LogP contribution in [0.2, 0.25) is 0 Å². The maximum atomic E-state index is 10.8. The van der Waals surface area contributed by atoms with Gasteiger partial charge in [-0.05, 0) is 6.42 Å². The normalized spacial score (nSPS) is 13.9. The molecule has 0 aromatic rings.